The largest absolute Gasteiger partial charge is 0.448 e. The Morgan fingerprint density at radius 2 is 2.08 bits per heavy atom. The smallest absolute Gasteiger partial charge is 0.428 e. The lowest BCUT2D eigenvalue weighted by Gasteiger charge is -2.16. The highest BCUT2D eigenvalue weighted by atomic mass is 16.6. The second-order valence-electron chi connectivity index (χ2n) is 2.69. The van der Waals surface area contributed by atoms with Gasteiger partial charge in [-0.05, 0) is 6.42 Å². The number of hydrazine groups is 1. The van der Waals surface area contributed by atoms with Crippen LogP contribution in [0.1, 0.15) is 26.7 Å². The van der Waals surface area contributed by atoms with E-state index in [-0.39, 0.29) is 5.91 Å². The fraction of sp³-hybridized carbons (Fsp3) is 0.750. The van der Waals surface area contributed by atoms with E-state index in [2.05, 4.69) is 5.43 Å². The van der Waals surface area contributed by atoms with Crippen molar-refractivity contribution in [2.75, 3.05) is 13.7 Å². The van der Waals surface area contributed by atoms with Gasteiger partial charge in [0.2, 0.25) is 5.91 Å². The summed E-state index contributed by atoms with van der Waals surface area (Å²) in [5.41, 5.74) is 2.29. The fourth-order valence-corrected chi connectivity index (χ4v) is 0.682. The first-order valence-electron chi connectivity index (χ1n) is 4.25. The summed E-state index contributed by atoms with van der Waals surface area (Å²) in [7, 11) is 1.44. The van der Waals surface area contributed by atoms with Crippen molar-refractivity contribution in [1.29, 1.82) is 0 Å². The third-order valence-corrected chi connectivity index (χ3v) is 1.32. The summed E-state index contributed by atoms with van der Waals surface area (Å²) in [6, 6.07) is 0. The van der Waals surface area contributed by atoms with Crippen LogP contribution in [0.5, 0.6) is 0 Å². The predicted octanol–water partition coefficient (Wildman–Crippen LogP) is 0.906. The van der Waals surface area contributed by atoms with Crippen LogP contribution in [0.3, 0.4) is 0 Å². The lowest BCUT2D eigenvalue weighted by atomic mass is 10.4. The molecule has 0 aliphatic heterocycles. The fourth-order valence-electron chi connectivity index (χ4n) is 0.682. The molecular weight excluding hydrogens is 172 g/mol. The van der Waals surface area contributed by atoms with Crippen LogP contribution >= 0.6 is 0 Å². The molecule has 0 radical (unpaired) electrons. The molecule has 0 saturated carbocycles. The van der Waals surface area contributed by atoms with E-state index in [1.165, 1.54) is 14.0 Å². The van der Waals surface area contributed by atoms with Gasteiger partial charge in [-0.3, -0.25) is 10.2 Å². The van der Waals surface area contributed by atoms with Gasteiger partial charge in [-0.15, -0.1) is 0 Å². The van der Waals surface area contributed by atoms with Crippen molar-refractivity contribution in [2.24, 2.45) is 0 Å². The van der Waals surface area contributed by atoms with Crippen molar-refractivity contribution in [1.82, 2.24) is 10.4 Å². The number of amides is 2. The minimum absolute atomic E-state index is 0.296. The van der Waals surface area contributed by atoms with Crippen LogP contribution < -0.4 is 5.43 Å². The second kappa shape index (κ2) is 6.28. The molecule has 0 saturated heterocycles. The van der Waals surface area contributed by atoms with Crippen LogP contribution in [0.4, 0.5) is 4.79 Å². The Balaban J connectivity index is 3.63. The van der Waals surface area contributed by atoms with E-state index in [4.69, 9.17) is 4.74 Å². The molecule has 0 spiro atoms. The summed E-state index contributed by atoms with van der Waals surface area (Å²) < 4.78 is 4.82. The normalized spacial score (nSPS) is 9.15. The number of ether oxygens (including phenoxy) is 1. The molecule has 76 valence electrons. The van der Waals surface area contributed by atoms with Crippen LogP contribution in [0.2, 0.25) is 0 Å². The number of nitrogens with zero attached hydrogens (tertiary/aromatic N) is 1. The summed E-state index contributed by atoms with van der Waals surface area (Å²) >= 11 is 0. The number of unbranched alkanes of at least 4 members (excludes halogenated alkanes) is 1. The van der Waals surface area contributed by atoms with Crippen molar-refractivity contribution in [2.45, 2.75) is 26.7 Å². The molecule has 0 bridgehead atoms. The van der Waals surface area contributed by atoms with Gasteiger partial charge >= 0.3 is 6.09 Å². The molecule has 0 aromatic heterocycles. The Morgan fingerprint density at radius 3 is 2.54 bits per heavy atom. The first kappa shape index (κ1) is 11.7. The van der Waals surface area contributed by atoms with Gasteiger partial charge in [-0.25, -0.2) is 9.80 Å². The van der Waals surface area contributed by atoms with Gasteiger partial charge in [0, 0.05) is 14.0 Å². The molecule has 1 N–H and O–H groups in total. The predicted molar refractivity (Wildman–Crippen MR) is 47.8 cm³/mol. The average molecular weight is 188 g/mol. The van der Waals surface area contributed by atoms with Crippen LogP contribution in [0.25, 0.3) is 0 Å². The highest BCUT2D eigenvalue weighted by molar-refractivity contribution is 5.76. The summed E-state index contributed by atoms with van der Waals surface area (Å²) in [4.78, 5) is 21.6. The maximum absolute atomic E-state index is 11.0. The third kappa shape index (κ3) is 5.95. The highest BCUT2D eigenvalue weighted by Gasteiger charge is 2.09. The first-order chi connectivity index (χ1) is 6.07. The Bertz CT molecular complexity index is 182. The minimum Gasteiger partial charge on any atom is -0.448 e. The molecule has 0 aliphatic rings. The van der Waals surface area contributed by atoms with Gasteiger partial charge < -0.3 is 4.74 Å². The number of carbonyl (C=O) groups is 2. The van der Waals surface area contributed by atoms with E-state index >= 15 is 0 Å². The summed E-state index contributed by atoms with van der Waals surface area (Å²) in [6.07, 6.45) is 1.26. The molecule has 0 aromatic carbocycles. The minimum atomic E-state index is -0.538. The zero-order chi connectivity index (χ0) is 10.3. The molecule has 0 atom stereocenters. The quantitative estimate of drug-likeness (QED) is 0.529. The Kier molecular flexibility index (Phi) is 5.67. The third-order valence-electron chi connectivity index (χ3n) is 1.32. The topological polar surface area (TPSA) is 58.6 Å². The van der Waals surface area contributed by atoms with E-state index in [0.717, 1.165) is 17.9 Å². The van der Waals surface area contributed by atoms with Crippen LogP contribution in [0, 0.1) is 0 Å². The Morgan fingerprint density at radius 1 is 1.46 bits per heavy atom. The number of hydrogen-bond donors (Lipinski definition) is 1. The number of hydrogen-bond acceptors (Lipinski definition) is 3. The molecule has 0 unspecified atom stereocenters. The summed E-state index contributed by atoms with van der Waals surface area (Å²) in [5.74, 6) is -0.296. The van der Waals surface area contributed by atoms with Gasteiger partial charge in [0.05, 0.1) is 6.61 Å². The Labute approximate surface area is 78.0 Å². The molecule has 2 amide bonds. The first-order valence-corrected chi connectivity index (χ1v) is 4.25. The van der Waals surface area contributed by atoms with E-state index < -0.39 is 6.09 Å². The van der Waals surface area contributed by atoms with Gasteiger partial charge in [0.1, 0.15) is 0 Å². The molecular formula is C8H16N2O3. The maximum atomic E-state index is 11.0. The number of rotatable bonds is 3. The molecule has 0 rings (SSSR count). The number of carbonyl (C=O) groups excluding carboxylic acids is 2. The van der Waals surface area contributed by atoms with E-state index in [0.29, 0.717) is 6.61 Å². The monoisotopic (exact) mass is 188 g/mol. The molecule has 0 fully saturated rings. The second-order valence-corrected chi connectivity index (χ2v) is 2.69. The van der Waals surface area contributed by atoms with Crippen LogP contribution in [-0.4, -0.2) is 30.7 Å². The average Bonchev–Trinajstić information content (AvgIpc) is 2.03. The van der Waals surface area contributed by atoms with Gasteiger partial charge in [0.25, 0.3) is 0 Å². The number of nitrogens with one attached hydrogen (secondary N) is 1. The lowest BCUT2D eigenvalue weighted by Crippen LogP contribution is -2.42. The van der Waals surface area contributed by atoms with Crippen molar-refractivity contribution >= 4 is 12.0 Å². The van der Waals surface area contributed by atoms with Gasteiger partial charge in [-0.1, -0.05) is 13.3 Å². The SMILES string of the molecule is CCCCOC(=O)N(C)NC(C)=O. The van der Waals surface area contributed by atoms with Crippen molar-refractivity contribution < 1.29 is 14.3 Å². The lowest BCUT2D eigenvalue weighted by molar-refractivity contribution is -0.122. The maximum Gasteiger partial charge on any atom is 0.428 e. The van der Waals surface area contributed by atoms with Crippen LogP contribution in [0.15, 0.2) is 0 Å². The summed E-state index contributed by atoms with van der Waals surface area (Å²) in [5, 5.41) is 1.03. The van der Waals surface area contributed by atoms with Gasteiger partial charge in [-0.2, -0.15) is 0 Å². The van der Waals surface area contributed by atoms with E-state index in [9.17, 15) is 9.59 Å². The standard InChI is InChI=1S/C8H16N2O3/c1-4-5-6-13-8(12)10(3)9-7(2)11/h4-6H2,1-3H3,(H,9,11). The molecule has 0 aliphatic carbocycles. The molecule has 5 heteroatoms. The van der Waals surface area contributed by atoms with E-state index in [1.807, 2.05) is 6.92 Å². The molecule has 5 nitrogen and oxygen atoms in total. The molecule has 0 heterocycles. The van der Waals surface area contributed by atoms with E-state index in [1.54, 1.807) is 0 Å². The highest BCUT2D eigenvalue weighted by Crippen LogP contribution is 1.91. The zero-order valence-corrected chi connectivity index (χ0v) is 8.29. The van der Waals surface area contributed by atoms with Crippen molar-refractivity contribution in [3.63, 3.8) is 0 Å². The van der Waals surface area contributed by atoms with Crippen LogP contribution in [-0.2, 0) is 9.53 Å². The Hall–Kier alpha value is -1.26. The molecule has 0 aromatic rings. The van der Waals surface area contributed by atoms with Crippen molar-refractivity contribution in [3.05, 3.63) is 0 Å². The zero-order valence-electron chi connectivity index (χ0n) is 8.29. The summed E-state index contributed by atoms with van der Waals surface area (Å²) in [6.45, 7) is 3.72. The van der Waals surface area contributed by atoms with Gasteiger partial charge in [0.15, 0.2) is 0 Å². The molecule has 13 heavy (non-hydrogen) atoms. The van der Waals surface area contributed by atoms with Crippen molar-refractivity contribution in [3.8, 4) is 0 Å².